The Morgan fingerprint density at radius 2 is 2.17 bits per heavy atom. The summed E-state index contributed by atoms with van der Waals surface area (Å²) in [5.41, 5.74) is 2.46. The molecule has 1 unspecified atom stereocenters. The molecule has 1 aliphatic rings. The van der Waals surface area contributed by atoms with Gasteiger partial charge in [0.2, 0.25) is 0 Å². The van der Waals surface area contributed by atoms with Crippen LogP contribution < -0.4 is 4.74 Å². The molecule has 0 saturated carbocycles. The van der Waals surface area contributed by atoms with Crippen molar-refractivity contribution in [1.29, 1.82) is 0 Å². The van der Waals surface area contributed by atoms with Crippen molar-refractivity contribution in [2.75, 3.05) is 0 Å². The van der Waals surface area contributed by atoms with Gasteiger partial charge in [-0.15, -0.1) is 0 Å². The third kappa shape index (κ3) is 1.22. The van der Waals surface area contributed by atoms with E-state index in [4.69, 9.17) is 4.74 Å². The lowest BCUT2D eigenvalue weighted by atomic mass is 10.1. The fourth-order valence-corrected chi connectivity index (χ4v) is 1.38. The number of aryl methyl sites for hydroxylation is 1. The van der Waals surface area contributed by atoms with Gasteiger partial charge in [0.05, 0.1) is 0 Å². The van der Waals surface area contributed by atoms with Crippen LogP contribution in [0.25, 0.3) is 6.08 Å². The molecule has 1 aromatic rings. The molecule has 1 heterocycles. The minimum Gasteiger partial charge on any atom is -0.486 e. The summed E-state index contributed by atoms with van der Waals surface area (Å²) in [6, 6.07) is 6.24. The van der Waals surface area contributed by atoms with Crippen LogP contribution in [-0.4, -0.2) is 6.10 Å². The number of benzene rings is 1. The van der Waals surface area contributed by atoms with Crippen LogP contribution in [0.5, 0.6) is 5.75 Å². The Morgan fingerprint density at radius 3 is 3.00 bits per heavy atom. The van der Waals surface area contributed by atoms with Crippen LogP contribution in [0, 0.1) is 6.92 Å². The SMILES string of the molecule is Cc1ccc2c(c1)C=CC(C)O2. The molecule has 0 spiro atoms. The highest BCUT2D eigenvalue weighted by Crippen LogP contribution is 2.26. The highest BCUT2D eigenvalue weighted by molar-refractivity contribution is 5.60. The molecule has 0 N–H and O–H groups in total. The molecule has 1 nitrogen and oxygen atoms in total. The second-order valence-corrected chi connectivity index (χ2v) is 3.22. The van der Waals surface area contributed by atoms with Crippen molar-refractivity contribution in [3.63, 3.8) is 0 Å². The molecule has 62 valence electrons. The number of rotatable bonds is 0. The van der Waals surface area contributed by atoms with E-state index in [0.29, 0.717) is 0 Å². The van der Waals surface area contributed by atoms with Gasteiger partial charge in [-0.2, -0.15) is 0 Å². The molecular weight excluding hydrogens is 148 g/mol. The van der Waals surface area contributed by atoms with Crippen LogP contribution in [0.1, 0.15) is 18.1 Å². The van der Waals surface area contributed by atoms with Crippen LogP contribution in [0.15, 0.2) is 24.3 Å². The molecule has 0 fully saturated rings. The first kappa shape index (κ1) is 7.41. The fourth-order valence-electron chi connectivity index (χ4n) is 1.38. The zero-order chi connectivity index (χ0) is 8.55. The highest BCUT2D eigenvalue weighted by atomic mass is 16.5. The first-order valence-corrected chi connectivity index (χ1v) is 4.21. The van der Waals surface area contributed by atoms with Crippen LogP contribution in [0.2, 0.25) is 0 Å². The minimum absolute atomic E-state index is 0.209. The van der Waals surface area contributed by atoms with Crippen molar-refractivity contribution in [2.24, 2.45) is 0 Å². The molecule has 1 heteroatoms. The maximum absolute atomic E-state index is 5.60. The summed E-state index contributed by atoms with van der Waals surface area (Å²) in [6.45, 7) is 4.13. The number of fused-ring (bicyclic) bond motifs is 1. The van der Waals surface area contributed by atoms with E-state index in [1.54, 1.807) is 0 Å². The lowest BCUT2D eigenvalue weighted by Crippen LogP contribution is -2.11. The monoisotopic (exact) mass is 160 g/mol. The van der Waals surface area contributed by atoms with E-state index >= 15 is 0 Å². The van der Waals surface area contributed by atoms with Gasteiger partial charge in [0.15, 0.2) is 0 Å². The Morgan fingerprint density at radius 1 is 1.33 bits per heavy atom. The molecule has 1 atom stereocenters. The largest absolute Gasteiger partial charge is 0.486 e. The molecule has 0 saturated heterocycles. The Kier molecular flexibility index (Phi) is 1.65. The third-order valence-electron chi connectivity index (χ3n) is 2.02. The first-order valence-electron chi connectivity index (χ1n) is 4.21. The minimum atomic E-state index is 0.209. The molecule has 2 rings (SSSR count). The van der Waals surface area contributed by atoms with Crippen molar-refractivity contribution >= 4 is 6.08 Å². The second-order valence-electron chi connectivity index (χ2n) is 3.22. The van der Waals surface area contributed by atoms with Crippen LogP contribution in [0.4, 0.5) is 0 Å². The lowest BCUT2D eigenvalue weighted by Gasteiger charge is -2.18. The standard InChI is InChI=1S/C11H12O/c1-8-3-6-11-10(7-8)5-4-9(2)12-11/h3-7,9H,1-2H3. The first-order chi connectivity index (χ1) is 5.75. The zero-order valence-corrected chi connectivity index (χ0v) is 7.37. The number of hydrogen-bond donors (Lipinski definition) is 0. The molecule has 1 aliphatic heterocycles. The summed E-state index contributed by atoms with van der Waals surface area (Å²) in [5, 5.41) is 0. The topological polar surface area (TPSA) is 9.23 Å². The van der Waals surface area contributed by atoms with Crippen molar-refractivity contribution in [2.45, 2.75) is 20.0 Å². The Bertz CT molecular complexity index is 326. The van der Waals surface area contributed by atoms with Crippen LogP contribution >= 0.6 is 0 Å². The zero-order valence-electron chi connectivity index (χ0n) is 7.37. The summed E-state index contributed by atoms with van der Waals surface area (Å²) < 4.78 is 5.60. The maximum atomic E-state index is 5.60. The van der Waals surface area contributed by atoms with Gasteiger partial charge in [-0.1, -0.05) is 17.7 Å². The van der Waals surface area contributed by atoms with Crippen molar-refractivity contribution in [3.05, 3.63) is 35.4 Å². The van der Waals surface area contributed by atoms with E-state index in [0.717, 1.165) is 5.75 Å². The van der Waals surface area contributed by atoms with Crippen molar-refractivity contribution in [3.8, 4) is 5.75 Å². The molecule has 0 amide bonds. The lowest BCUT2D eigenvalue weighted by molar-refractivity contribution is 0.266. The Labute approximate surface area is 72.7 Å². The van der Waals surface area contributed by atoms with Crippen LogP contribution in [-0.2, 0) is 0 Å². The van der Waals surface area contributed by atoms with E-state index in [9.17, 15) is 0 Å². The summed E-state index contributed by atoms with van der Waals surface area (Å²) in [6.07, 6.45) is 4.40. The normalized spacial score (nSPS) is 20.0. The van der Waals surface area contributed by atoms with Gasteiger partial charge in [0.25, 0.3) is 0 Å². The van der Waals surface area contributed by atoms with Crippen LogP contribution in [0.3, 0.4) is 0 Å². The molecule has 0 aliphatic carbocycles. The number of ether oxygens (including phenoxy) is 1. The smallest absolute Gasteiger partial charge is 0.127 e. The van der Waals surface area contributed by atoms with Gasteiger partial charge in [-0.05, 0) is 32.1 Å². The Hall–Kier alpha value is -1.24. The van der Waals surface area contributed by atoms with E-state index in [-0.39, 0.29) is 6.10 Å². The van der Waals surface area contributed by atoms with Gasteiger partial charge in [0.1, 0.15) is 11.9 Å². The van der Waals surface area contributed by atoms with Gasteiger partial charge >= 0.3 is 0 Å². The fraction of sp³-hybridized carbons (Fsp3) is 0.273. The quantitative estimate of drug-likeness (QED) is 0.567. The predicted molar refractivity (Wildman–Crippen MR) is 50.3 cm³/mol. The molecule has 1 aromatic carbocycles. The molecule has 0 aromatic heterocycles. The summed E-state index contributed by atoms with van der Waals surface area (Å²) >= 11 is 0. The van der Waals surface area contributed by atoms with E-state index < -0.39 is 0 Å². The maximum Gasteiger partial charge on any atom is 0.127 e. The second kappa shape index (κ2) is 2.67. The molecule has 12 heavy (non-hydrogen) atoms. The van der Waals surface area contributed by atoms with E-state index in [2.05, 4.69) is 31.2 Å². The van der Waals surface area contributed by atoms with Gasteiger partial charge in [-0.3, -0.25) is 0 Å². The summed E-state index contributed by atoms with van der Waals surface area (Å²) in [7, 11) is 0. The Balaban J connectivity index is 2.47. The average Bonchev–Trinajstić information content (AvgIpc) is 2.05. The van der Waals surface area contributed by atoms with Gasteiger partial charge in [0, 0.05) is 5.56 Å². The van der Waals surface area contributed by atoms with E-state index in [1.165, 1.54) is 11.1 Å². The third-order valence-corrected chi connectivity index (χ3v) is 2.02. The molecule has 0 bridgehead atoms. The van der Waals surface area contributed by atoms with E-state index in [1.807, 2.05) is 13.0 Å². The van der Waals surface area contributed by atoms with Gasteiger partial charge in [-0.25, -0.2) is 0 Å². The molecule has 0 radical (unpaired) electrons. The van der Waals surface area contributed by atoms with Crippen molar-refractivity contribution < 1.29 is 4.74 Å². The molecular formula is C11H12O. The highest BCUT2D eigenvalue weighted by Gasteiger charge is 2.09. The average molecular weight is 160 g/mol. The summed E-state index contributed by atoms with van der Waals surface area (Å²) in [5.74, 6) is 0.996. The van der Waals surface area contributed by atoms with Gasteiger partial charge < -0.3 is 4.74 Å². The number of hydrogen-bond acceptors (Lipinski definition) is 1. The predicted octanol–water partition coefficient (Wildman–Crippen LogP) is 2.79. The summed E-state index contributed by atoms with van der Waals surface area (Å²) in [4.78, 5) is 0. The van der Waals surface area contributed by atoms with Crippen molar-refractivity contribution in [1.82, 2.24) is 0 Å².